The number of rotatable bonds is 0. The van der Waals surface area contributed by atoms with Crippen LogP contribution in [0.15, 0.2) is 0 Å². The lowest BCUT2D eigenvalue weighted by Crippen LogP contribution is 0.0813. The minimum Gasteiger partial charge on any atom is -0.269 e. The summed E-state index contributed by atoms with van der Waals surface area (Å²) >= 11 is 0. The van der Waals surface area contributed by atoms with Crippen LogP contribution in [0.4, 0.5) is 14.1 Å². The third-order valence-corrected chi connectivity index (χ3v) is 0. The van der Waals surface area contributed by atoms with Gasteiger partial charge in [0, 0.05) is 0 Å². The van der Waals surface area contributed by atoms with Crippen molar-refractivity contribution >= 4 is 0 Å². The number of halogens is 3. The zero-order valence-electron chi connectivity index (χ0n) is 1.80. The van der Waals surface area contributed by atoms with E-state index in [-0.39, 0.29) is 21.5 Å². The van der Waals surface area contributed by atoms with Gasteiger partial charge >= 0.3 is 0 Å². The van der Waals surface area contributed by atoms with Crippen LogP contribution in [-0.4, -0.2) is 0 Å². The molecule has 3 radical (unpaired) electrons. The quantitative estimate of drug-likeness (QED) is 0.395. The van der Waals surface area contributed by atoms with E-state index in [4.69, 9.17) is 0 Å². The Bertz CT molecular complexity index is 3.25. The van der Waals surface area contributed by atoms with Crippen LogP contribution in [0.2, 0.25) is 0 Å². The summed E-state index contributed by atoms with van der Waals surface area (Å²) in [4.78, 5) is 0. The van der Waals surface area contributed by atoms with Crippen molar-refractivity contribution in [3.8, 4) is 0 Å². The molecule has 0 unspecified atom stereocenters. The van der Waals surface area contributed by atoms with Gasteiger partial charge in [0.15, 0.2) is 0 Å². The van der Waals surface area contributed by atoms with Crippen LogP contribution in [-0.2, 0) is 0 Å². The van der Waals surface area contributed by atoms with Crippen molar-refractivity contribution in [1.82, 2.24) is 0 Å². The average Bonchev–Trinajstić information content (AvgIpc) is 0. The van der Waals surface area contributed by atoms with E-state index >= 15 is 0 Å². The maximum atomic E-state index is 0. The molecule has 0 nitrogen and oxygen atoms in total. The zero-order chi connectivity index (χ0) is 0. The molecule has 4 heavy (non-hydrogen) atoms. The van der Waals surface area contributed by atoms with Crippen molar-refractivity contribution < 1.29 is 14.1 Å². The lowest BCUT2D eigenvalue weighted by atomic mass is 12.0. The molecule has 0 bridgehead atoms. The third-order valence-electron chi connectivity index (χ3n) is 0. The summed E-state index contributed by atoms with van der Waals surface area (Å²) in [7, 11) is 0. The molecule has 0 aromatic rings. The summed E-state index contributed by atoms with van der Waals surface area (Å²) in [6, 6.07) is 0. The van der Waals surface area contributed by atoms with E-state index in [0.29, 0.717) is 0 Å². The summed E-state index contributed by atoms with van der Waals surface area (Å²) in [5, 5.41) is 0. The second kappa shape index (κ2) is 203. The Labute approximate surface area is 22.9 Å². The van der Waals surface area contributed by atoms with Crippen molar-refractivity contribution in [2.45, 2.75) is 0 Å². The molecule has 0 saturated carbocycles. The van der Waals surface area contributed by atoms with E-state index in [1.54, 1.807) is 0 Å². The van der Waals surface area contributed by atoms with Crippen LogP contribution in [0.25, 0.3) is 0 Å². The topological polar surface area (TPSA) is 0 Å². The van der Waals surface area contributed by atoms with Crippen LogP contribution < -0.4 is 0 Å². The molecule has 0 aromatic heterocycles. The lowest BCUT2D eigenvalue weighted by molar-refractivity contribution is 1.11. The molecule has 0 saturated heterocycles. The predicted octanol–water partition coefficient (Wildman–Crippen LogP) is 0.662. The molecular weight excluding hydrogens is 69.0 g/mol. The van der Waals surface area contributed by atoms with Crippen LogP contribution in [0.1, 0.15) is 0 Å². The Kier molecular flexibility index (Phi) is 33900. The van der Waals surface area contributed by atoms with Gasteiger partial charge in [-0.15, -0.1) is 0 Å². The normalized spacial score (nSPS) is 0. The van der Waals surface area contributed by atoms with E-state index in [0.717, 1.165) is 0 Å². The van der Waals surface area contributed by atoms with Crippen LogP contribution in [0.5, 0.6) is 0 Å². The third kappa shape index (κ3) is 25.3. The maximum Gasteiger partial charge on any atom is -0.0312 e. The van der Waals surface area contributed by atoms with E-state index in [1.165, 1.54) is 0 Å². The van der Waals surface area contributed by atoms with Crippen LogP contribution >= 0.6 is 0 Å². The monoisotopic (exact) mass is 73.0 g/mol. The van der Waals surface area contributed by atoms with Gasteiger partial charge in [-0.05, 0) is 7.43 Å². The second-order valence-corrected chi connectivity index (χ2v) is 0. The lowest BCUT2D eigenvalue weighted by Gasteiger charge is -0.270. The number of hydrogen-bond acceptors (Lipinski definition) is 0. The molecule has 0 amide bonds. The van der Waals surface area contributed by atoms with Gasteiger partial charge in [0.1, 0.15) is 0 Å². The highest BCUT2D eigenvalue weighted by Gasteiger charge is -0.0312. The van der Waals surface area contributed by atoms with Crippen molar-refractivity contribution in [2.75, 3.05) is 0 Å². The highest BCUT2D eigenvalue weighted by atomic mass is 19.0. The Morgan fingerprint density at radius 2 is 0.500 bits per heavy atom. The van der Waals surface area contributed by atoms with Gasteiger partial charge in [0.2, 0.25) is 0 Å². The van der Waals surface area contributed by atoms with Gasteiger partial charge in [-0.25, -0.2) is 0 Å². The highest BCUT2D eigenvalue weighted by Crippen LogP contribution is 0.422. The standard InChI is InChI=1S/CH.3FH/h4*1H. The van der Waals surface area contributed by atoms with Gasteiger partial charge in [-0.2, -0.15) is 0 Å². The molecule has 0 aromatic carbocycles. The SMILES string of the molecule is F.F.F.[CH]. The van der Waals surface area contributed by atoms with Gasteiger partial charge < -0.3 is 0 Å². The van der Waals surface area contributed by atoms with Gasteiger partial charge in [0.25, 0.3) is 0 Å². The van der Waals surface area contributed by atoms with Gasteiger partial charge in [-0.1, -0.05) is 0 Å². The molecule has 0 atom stereocenters. The summed E-state index contributed by atoms with van der Waals surface area (Å²) in [5.41, 5.74) is 0. The summed E-state index contributed by atoms with van der Waals surface area (Å²) in [6.07, 6.45) is 0. The molecule has 0 heterocycles. The predicted molar refractivity (Wildman–Crippen MR) is 11.8 cm³/mol. The minimum absolute atomic E-state index is 0. The first-order valence-corrected chi connectivity index (χ1v) is 0. The fraction of sp³-hybridized carbons (Fsp3) is 0. The first-order valence-electron chi connectivity index (χ1n) is 0. The molecule has 0 aliphatic carbocycles. The van der Waals surface area contributed by atoms with E-state index in [9.17, 15) is 0 Å². The van der Waals surface area contributed by atoms with E-state index < -0.39 is 0 Å². The number of hydrogen-bond donors (Lipinski definition) is 0. The van der Waals surface area contributed by atoms with Crippen LogP contribution in [0.3, 0.4) is 0 Å². The van der Waals surface area contributed by atoms with Crippen LogP contribution in [0, 0.1) is 7.43 Å². The Hall–Kier alpha value is -0.210. The second-order valence-electron chi connectivity index (χ2n) is 0. The smallest absolute Gasteiger partial charge is 0.0312 e. The summed E-state index contributed by atoms with van der Waals surface area (Å²) < 4.78 is 0. The zero-order valence-corrected chi connectivity index (χ0v) is 1.80. The molecule has 0 spiro atoms. The fourth-order valence-corrected chi connectivity index (χ4v) is 0. The molecule has 29 valence electrons. The van der Waals surface area contributed by atoms with Crippen molar-refractivity contribution in [3.05, 3.63) is 7.43 Å². The van der Waals surface area contributed by atoms with E-state index in [2.05, 4.69) is 0 Å². The summed E-state index contributed by atoms with van der Waals surface area (Å²) in [5.74, 6) is 0. The van der Waals surface area contributed by atoms with Gasteiger partial charge in [0.05, 0.1) is 0 Å². The largest absolute Gasteiger partial charge is 0.269 e. The molecule has 0 aliphatic rings. The fourth-order valence-electron chi connectivity index (χ4n) is 0. The Morgan fingerprint density at radius 3 is 0.500 bits per heavy atom. The maximum absolute atomic E-state index is 0. The Morgan fingerprint density at radius 1 is 0.500 bits per heavy atom. The Balaban J connectivity index is 0. The van der Waals surface area contributed by atoms with Crippen molar-refractivity contribution in [2.24, 2.45) is 0 Å². The molecule has 0 rings (SSSR count). The first-order chi connectivity index (χ1) is 0. The van der Waals surface area contributed by atoms with Crippen molar-refractivity contribution in [1.29, 1.82) is 0 Å². The molecule has 0 aliphatic heterocycles. The average molecular weight is 73.0 g/mol. The van der Waals surface area contributed by atoms with Gasteiger partial charge in [-0.3, -0.25) is 14.1 Å². The highest BCUT2D eigenvalue weighted by molar-refractivity contribution is 3.24. The minimum atomic E-state index is 0. The van der Waals surface area contributed by atoms with E-state index in [1.807, 2.05) is 0 Å². The first kappa shape index (κ1) is 669. The molecule has 0 N–H and O–H groups in total. The summed E-state index contributed by atoms with van der Waals surface area (Å²) in [6.45, 7) is 0. The molecule has 0 fully saturated rings. The molecular formula is CH4F3. The molecule has 3 heteroatoms. The van der Waals surface area contributed by atoms with Crippen molar-refractivity contribution in [3.63, 3.8) is 0 Å².